The normalized spacial score (nSPS) is 18.0. The molecule has 0 atom stereocenters. The summed E-state index contributed by atoms with van der Waals surface area (Å²) in [6, 6.07) is 0. The van der Waals surface area contributed by atoms with Gasteiger partial charge in [0, 0.05) is 21.6 Å². The number of hydrogen-bond acceptors (Lipinski definition) is 2. The average Bonchev–Trinajstić information content (AvgIpc) is 1.72. The fourth-order valence-corrected chi connectivity index (χ4v) is 0.434. The smallest absolute Gasteiger partial charge is 0.550 e. The molecule has 0 aliphatic carbocycles. The minimum Gasteiger partial charge on any atom is -0.550 e. The van der Waals surface area contributed by atoms with Gasteiger partial charge < -0.3 is 10.1 Å². The molecule has 0 aromatic heterocycles. The predicted octanol–water partition coefficient (Wildman–Crippen LogP) is -3.61. The third-order valence-corrected chi connectivity index (χ3v) is 0.742. The van der Waals surface area contributed by atoms with Crippen LogP contribution in [0, 0.1) is 6.61 Å². The first-order valence-electron chi connectivity index (χ1n) is 2.14. The maximum Gasteiger partial charge on any atom is 1.00 e. The largest absolute Gasteiger partial charge is 1.00 e. The third-order valence-electron chi connectivity index (χ3n) is 0.742. The molecule has 1 heterocycles. The van der Waals surface area contributed by atoms with E-state index in [1.165, 1.54) is 0 Å². The van der Waals surface area contributed by atoms with Gasteiger partial charge in [0.25, 0.3) is 0 Å². The van der Waals surface area contributed by atoms with Crippen molar-refractivity contribution < 1.29 is 23.6 Å². The molecule has 3 radical (unpaired) electrons. The van der Waals surface area contributed by atoms with E-state index < -0.39 is 0 Å². The monoisotopic (exact) mass is 104 g/mol. The molecule has 1 aliphatic heterocycles. The Labute approximate surface area is 64.1 Å². The van der Waals surface area contributed by atoms with Gasteiger partial charge in [-0.2, -0.15) is 6.61 Å². The fourth-order valence-electron chi connectivity index (χ4n) is 0.434. The molecule has 1 saturated heterocycles. The van der Waals surface area contributed by atoms with E-state index in [1.54, 1.807) is 6.61 Å². The molecule has 0 spiro atoms. The van der Waals surface area contributed by atoms with Crippen molar-refractivity contribution in [2.45, 2.75) is 0 Å². The Bertz CT molecular complexity index is 31.5. The molecular formula is C4H8BLiNO. The van der Waals surface area contributed by atoms with Crippen molar-refractivity contribution in [3.05, 3.63) is 6.61 Å². The van der Waals surface area contributed by atoms with Crippen molar-refractivity contribution in [2.24, 2.45) is 0 Å². The van der Waals surface area contributed by atoms with Gasteiger partial charge in [0.15, 0.2) is 0 Å². The maximum atomic E-state index is 4.88. The van der Waals surface area contributed by atoms with Crippen LogP contribution in [0.5, 0.6) is 0 Å². The quantitative estimate of drug-likeness (QED) is 0.253. The number of hydrogen-bond donors (Lipinski definition) is 1. The minimum atomic E-state index is 0. The number of ether oxygens (including phenoxy) is 1. The van der Waals surface area contributed by atoms with E-state index in [-0.39, 0.29) is 27.3 Å². The molecule has 0 bridgehead atoms. The van der Waals surface area contributed by atoms with Crippen molar-refractivity contribution in [1.29, 1.82) is 0 Å². The van der Waals surface area contributed by atoms with E-state index in [0.29, 0.717) is 0 Å². The summed E-state index contributed by atoms with van der Waals surface area (Å²) >= 11 is 0. The fraction of sp³-hybridized carbons (Fsp3) is 0.750. The van der Waals surface area contributed by atoms with Crippen LogP contribution in [0.3, 0.4) is 0 Å². The molecule has 0 saturated carbocycles. The van der Waals surface area contributed by atoms with Crippen molar-refractivity contribution in [3.63, 3.8) is 0 Å². The first-order valence-corrected chi connectivity index (χ1v) is 2.14. The number of morpholine rings is 1. The van der Waals surface area contributed by atoms with Crippen LogP contribution in [0.1, 0.15) is 0 Å². The van der Waals surface area contributed by atoms with Crippen LogP contribution in [-0.4, -0.2) is 28.1 Å². The summed E-state index contributed by atoms with van der Waals surface area (Å²) in [6.45, 7) is 4.51. The summed E-state index contributed by atoms with van der Waals surface area (Å²) in [5.74, 6) is 0. The Hall–Kier alpha value is 0.582. The van der Waals surface area contributed by atoms with Crippen molar-refractivity contribution in [1.82, 2.24) is 5.32 Å². The summed E-state index contributed by atoms with van der Waals surface area (Å²) in [5, 5.41) is 3.10. The topological polar surface area (TPSA) is 21.3 Å². The summed E-state index contributed by atoms with van der Waals surface area (Å²) in [6.07, 6.45) is 0. The average molecular weight is 104 g/mol. The zero-order chi connectivity index (χ0) is 4.24. The van der Waals surface area contributed by atoms with Crippen LogP contribution in [0.2, 0.25) is 0 Å². The van der Waals surface area contributed by atoms with Crippen LogP contribution in [0.15, 0.2) is 0 Å². The molecule has 4 heteroatoms. The van der Waals surface area contributed by atoms with Gasteiger partial charge in [-0.25, -0.2) is 0 Å². The van der Waals surface area contributed by atoms with Crippen LogP contribution >= 0.6 is 0 Å². The summed E-state index contributed by atoms with van der Waals surface area (Å²) < 4.78 is 4.88. The van der Waals surface area contributed by atoms with Gasteiger partial charge in [0.05, 0.1) is 0 Å². The molecule has 39 valence electrons. The first kappa shape index (κ1) is 11.4. The van der Waals surface area contributed by atoms with E-state index in [0.717, 1.165) is 19.7 Å². The van der Waals surface area contributed by atoms with Gasteiger partial charge in [0.2, 0.25) is 0 Å². The minimum absolute atomic E-state index is 0. The Morgan fingerprint density at radius 2 is 2.25 bits per heavy atom. The summed E-state index contributed by atoms with van der Waals surface area (Å²) in [5.41, 5.74) is 0. The molecule has 1 fully saturated rings. The molecule has 8 heavy (non-hydrogen) atoms. The maximum absolute atomic E-state index is 4.88. The van der Waals surface area contributed by atoms with Crippen LogP contribution in [0.25, 0.3) is 0 Å². The molecule has 0 aromatic rings. The second-order valence-electron chi connectivity index (χ2n) is 1.24. The van der Waals surface area contributed by atoms with Gasteiger partial charge in [-0.1, -0.05) is 0 Å². The summed E-state index contributed by atoms with van der Waals surface area (Å²) in [7, 11) is 0. The summed E-state index contributed by atoms with van der Waals surface area (Å²) in [4.78, 5) is 0. The van der Waals surface area contributed by atoms with E-state index >= 15 is 0 Å². The molecule has 2 nitrogen and oxygen atoms in total. The zero-order valence-corrected chi connectivity index (χ0v) is 5.18. The van der Waals surface area contributed by atoms with Gasteiger partial charge in [0.1, 0.15) is 0 Å². The standard InChI is InChI=1S/C4H8NO.B.Li/c1-3-6-4-2-5-1;;/h3,5H,1-2,4H2;;/q-1;;+1. The van der Waals surface area contributed by atoms with Gasteiger partial charge in [-0.15, -0.1) is 6.54 Å². The van der Waals surface area contributed by atoms with Crippen molar-refractivity contribution in [3.8, 4) is 0 Å². The molecule has 1 rings (SSSR count). The molecule has 0 amide bonds. The molecule has 0 aromatic carbocycles. The predicted molar refractivity (Wildman–Crippen MR) is 28.9 cm³/mol. The molecule has 0 unspecified atom stereocenters. The SMILES string of the molecule is [B].[CH-]1CNCCO1.[Li+]. The van der Waals surface area contributed by atoms with E-state index in [9.17, 15) is 0 Å². The Morgan fingerprint density at radius 1 is 1.50 bits per heavy atom. The number of nitrogens with one attached hydrogen (secondary N) is 1. The second kappa shape index (κ2) is 7.58. The van der Waals surface area contributed by atoms with Crippen LogP contribution in [-0.2, 0) is 4.74 Å². The van der Waals surface area contributed by atoms with Crippen LogP contribution in [0.4, 0.5) is 0 Å². The van der Waals surface area contributed by atoms with Crippen molar-refractivity contribution in [2.75, 3.05) is 19.7 Å². The second-order valence-corrected chi connectivity index (χ2v) is 1.24. The van der Waals surface area contributed by atoms with E-state index in [4.69, 9.17) is 4.74 Å². The Balaban J connectivity index is 0. The van der Waals surface area contributed by atoms with Crippen LogP contribution < -0.4 is 24.2 Å². The first-order chi connectivity index (χ1) is 3.00. The Kier molecular flexibility index (Phi) is 10.8. The third kappa shape index (κ3) is 4.73. The van der Waals surface area contributed by atoms with Crippen molar-refractivity contribution >= 4 is 8.41 Å². The van der Waals surface area contributed by atoms with Gasteiger partial charge in [-0.3, -0.25) is 0 Å². The molecule has 1 N–H and O–H groups in total. The zero-order valence-electron chi connectivity index (χ0n) is 5.18. The van der Waals surface area contributed by atoms with Gasteiger partial charge >= 0.3 is 18.9 Å². The molecule has 1 aliphatic rings. The number of rotatable bonds is 0. The molecular weight excluding hydrogens is 95.8 g/mol. The van der Waals surface area contributed by atoms with E-state index in [2.05, 4.69) is 5.32 Å². The van der Waals surface area contributed by atoms with E-state index in [1.807, 2.05) is 0 Å². The van der Waals surface area contributed by atoms with Gasteiger partial charge in [-0.05, 0) is 0 Å². The Morgan fingerprint density at radius 3 is 2.38 bits per heavy atom.